The summed E-state index contributed by atoms with van der Waals surface area (Å²) in [6.45, 7) is 3.92. The van der Waals surface area contributed by atoms with Crippen molar-refractivity contribution in [2.24, 2.45) is 10.2 Å². The van der Waals surface area contributed by atoms with Gasteiger partial charge < -0.3 is 5.32 Å². The summed E-state index contributed by atoms with van der Waals surface area (Å²) in [5, 5.41) is 16.1. The van der Waals surface area contributed by atoms with Crippen LogP contribution in [0.25, 0.3) is 0 Å². The fourth-order valence-electron chi connectivity index (χ4n) is 3.24. The Morgan fingerprint density at radius 3 is 2.08 bits per heavy atom. The molecule has 1 heterocycles. The summed E-state index contributed by atoms with van der Waals surface area (Å²) in [7, 11) is 7.70. The molecule has 198 valence electrons. The molecule has 0 saturated heterocycles. The highest BCUT2D eigenvalue weighted by Crippen LogP contribution is 2.19. The van der Waals surface area contributed by atoms with Crippen molar-refractivity contribution in [1.29, 1.82) is 0 Å². The summed E-state index contributed by atoms with van der Waals surface area (Å²) in [6.07, 6.45) is 14.1. The first kappa shape index (κ1) is 29.1. The third-order valence-corrected chi connectivity index (χ3v) is 7.90. The van der Waals surface area contributed by atoms with E-state index in [4.69, 9.17) is 0 Å². The van der Waals surface area contributed by atoms with E-state index >= 15 is 0 Å². The van der Waals surface area contributed by atoms with E-state index in [0.29, 0.717) is 0 Å². The summed E-state index contributed by atoms with van der Waals surface area (Å²) in [5.74, 6) is 2.10. The fourth-order valence-corrected chi connectivity index (χ4v) is 5.15. The van der Waals surface area contributed by atoms with Crippen LogP contribution in [0, 0.1) is 0 Å². The molecule has 0 amide bonds. The second-order valence-electron chi connectivity index (χ2n) is 8.30. The lowest BCUT2D eigenvalue weighted by atomic mass is 10.3. The molecule has 0 aliphatic heterocycles. The molecule has 0 aliphatic rings. The molecule has 0 spiro atoms. The smallest absolute Gasteiger partial charge is 0.169 e. The van der Waals surface area contributed by atoms with Gasteiger partial charge in [-0.1, -0.05) is 64.1 Å². The quantitative estimate of drug-likeness (QED) is 0.0634. The number of hydrogen-bond acceptors (Lipinski definition) is 7. The van der Waals surface area contributed by atoms with Crippen molar-refractivity contribution in [3.8, 4) is 0 Å². The van der Waals surface area contributed by atoms with Crippen LogP contribution in [0.2, 0.25) is 0 Å². The van der Waals surface area contributed by atoms with E-state index in [1.165, 1.54) is 0 Å². The van der Waals surface area contributed by atoms with E-state index in [-0.39, 0.29) is 0 Å². The number of aryl methyl sites for hydroxylation is 1. The zero-order valence-electron chi connectivity index (χ0n) is 22.4. The zero-order valence-corrected chi connectivity index (χ0v) is 24.0. The number of nitrogens with zero attached hydrogens (tertiary/aromatic N) is 5. The van der Waals surface area contributed by atoms with Crippen LogP contribution in [0.4, 0.5) is 11.4 Å². The van der Waals surface area contributed by atoms with Crippen molar-refractivity contribution in [2.75, 3.05) is 42.2 Å². The average Bonchev–Trinajstić information content (AvgIpc) is 2.97. The first-order chi connectivity index (χ1) is 18.7. The Balaban J connectivity index is 1.26. The zero-order chi connectivity index (χ0) is 26.8. The number of pyridine rings is 1. The molecule has 0 bridgehead atoms. The number of nitrogens with one attached hydrogen (secondary N) is 1. The van der Waals surface area contributed by atoms with Gasteiger partial charge in [-0.05, 0) is 49.0 Å². The van der Waals surface area contributed by atoms with E-state index < -0.39 is 0 Å². The van der Waals surface area contributed by atoms with Crippen LogP contribution in [0.5, 0.6) is 0 Å². The van der Waals surface area contributed by atoms with Crippen LogP contribution in [0.1, 0.15) is 12.5 Å². The maximum absolute atomic E-state index is 4.52. The number of aromatic nitrogens is 1. The Kier molecular flexibility index (Phi) is 13.1. The van der Waals surface area contributed by atoms with Crippen molar-refractivity contribution in [2.45, 2.75) is 13.5 Å². The van der Waals surface area contributed by atoms with E-state index in [0.717, 1.165) is 47.1 Å². The molecule has 1 N–H and O–H groups in total. The molecule has 2 aromatic carbocycles. The number of para-hydroxylation sites is 2. The summed E-state index contributed by atoms with van der Waals surface area (Å²) in [5.41, 5.74) is 4.26. The van der Waals surface area contributed by atoms with Crippen LogP contribution < -0.4 is 19.9 Å². The molecule has 0 aliphatic carbocycles. The van der Waals surface area contributed by atoms with Crippen LogP contribution in [0.3, 0.4) is 0 Å². The monoisotopic (exact) mass is 545 g/mol. The van der Waals surface area contributed by atoms with Gasteiger partial charge in [-0.15, -0.1) is 0 Å². The van der Waals surface area contributed by atoms with Crippen molar-refractivity contribution in [1.82, 2.24) is 5.32 Å². The topological polar surface area (TPSA) is 47.1 Å². The van der Waals surface area contributed by atoms with Crippen LogP contribution >= 0.6 is 21.6 Å². The Labute approximate surface area is 235 Å². The third kappa shape index (κ3) is 10.9. The summed E-state index contributed by atoms with van der Waals surface area (Å²) < 4.78 is 2.21. The largest absolute Gasteiger partial charge is 0.390 e. The van der Waals surface area contributed by atoms with Gasteiger partial charge in [0.15, 0.2) is 18.9 Å². The Morgan fingerprint density at radius 1 is 0.842 bits per heavy atom. The molecule has 0 saturated carbocycles. The van der Waals surface area contributed by atoms with Crippen molar-refractivity contribution in [3.05, 3.63) is 115 Å². The fraction of sp³-hybridized carbons (Fsp3) is 0.233. The molecule has 0 atom stereocenters. The average molecular weight is 546 g/mol. The number of allylic oxidation sites excluding steroid dienone is 3. The highest BCUT2D eigenvalue weighted by atomic mass is 33.1. The number of benzene rings is 2. The van der Waals surface area contributed by atoms with Gasteiger partial charge in [-0.3, -0.25) is 10.0 Å². The van der Waals surface area contributed by atoms with E-state index in [1.807, 2.05) is 144 Å². The Bertz CT molecular complexity index is 1180. The SMILES string of the molecule is C/C=C(\C=C/NCCSSCC[n+]1ccc(/C=N/N(C)c2ccccc2)cc1)/C=N/N(C)c1ccccc1. The molecule has 38 heavy (non-hydrogen) atoms. The molecule has 0 radical (unpaired) electrons. The van der Waals surface area contributed by atoms with Gasteiger partial charge in [0.25, 0.3) is 0 Å². The molecular weight excluding hydrogens is 509 g/mol. The highest BCUT2D eigenvalue weighted by molar-refractivity contribution is 8.76. The maximum atomic E-state index is 4.52. The van der Waals surface area contributed by atoms with E-state index in [1.54, 1.807) is 0 Å². The minimum atomic E-state index is 0.921. The predicted octanol–water partition coefficient (Wildman–Crippen LogP) is 6.00. The molecule has 3 rings (SSSR count). The van der Waals surface area contributed by atoms with E-state index in [9.17, 15) is 0 Å². The minimum absolute atomic E-state index is 0.921. The highest BCUT2D eigenvalue weighted by Gasteiger charge is 2.02. The van der Waals surface area contributed by atoms with Gasteiger partial charge in [0, 0.05) is 44.1 Å². The third-order valence-electron chi connectivity index (χ3n) is 5.51. The lowest BCUT2D eigenvalue weighted by molar-refractivity contribution is -0.692. The standard InChI is InChI=1S/C30H37N6S2/c1-4-27(25-32-34(2)29-11-7-5-8-12-29)15-18-31-19-23-37-38-24-22-36-20-16-28(17-21-36)26-33-35(3)30-13-9-6-10-14-30/h4-18,20-21,25-26,31H,19,22-24H2,1-3H3/q+1/b18-15-,27-4+,32-25+. The molecule has 6 nitrogen and oxygen atoms in total. The van der Waals surface area contributed by atoms with Crippen molar-refractivity contribution < 1.29 is 4.57 Å². The van der Waals surface area contributed by atoms with Crippen LogP contribution in [-0.2, 0) is 6.54 Å². The van der Waals surface area contributed by atoms with Gasteiger partial charge in [-0.25, -0.2) is 4.57 Å². The number of hydrazone groups is 2. The lowest BCUT2D eigenvalue weighted by Crippen LogP contribution is -2.33. The van der Waals surface area contributed by atoms with Gasteiger partial charge in [0.05, 0.1) is 29.6 Å². The maximum Gasteiger partial charge on any atom is 0.169 e. The molecule has 1 aromatic heterocycles. The van der Waals surface area contributed by atoms with Gasteiger partial charge in [-0.2, -0.15) is 10.2 Å². The minimum Gasteiger partial charge on any atom is -0.390 e. The predicted molar refractivity (Wildman–Crippen MR) is 168 cm³/mol. The Morgan fingerprint density at radius 2 is 1.45 bits per heavy atom. The molecule has 0 unspecified atom stereocenters. The van der Waals surface area contributed by atoms with Crippen molar-refractivity contribution >= 4 is 45.4 Å². The number of anilines is 2. The second kappa shape index (κ2) is 17.1. The summed E-state index contributed by atoms with van der Waals surface area (Å²) >= 11 is 0. The number of hydrogen-bond donors (Lipinski definition) is 1. The summed E-state index contributed by atoms with van der Waals surface area (Å²) in [4.78, 5) is 0. The number of rotatable bonds is 15. The first-order valence-corrected chi connectivity index (χ1v) is 15.1. The van der Waals surface area contributed by atoms with Crippen LogP contribution in [0.15, 0.2) is 119 Å². The summed E-state index contributed by atoms with van der Waals surface area (Å²) in [6, 6.07) is 24.4. The van der Waals surface area contributed by atoms with Gasteiger partial charge >= 0.3 is 0 Å². The van der Waals surface area contributed by atoms with Crippen LogP contribution in [-0.4, -0.2) is 44.6 Å². The molecular formula is C30H37N6S2+. The Hall–Kier alpha value is -3.49. The van der Waals surface area contributed by atoms with E-state index in [2.05, 4.69) is 44.6 Å². The molecule has 3 aromatic rings. The lowest BCUT2D eigenvalue weighted by Gasteiger charge is -2.12. The second-order valence-corrected chi connectivity index (χ2v) is 11.0. The van der Waals surface area contributed by atoms with Gasteiger partial charge in [0.1, 0.15) is 0 Å². The van der Waals surface area contributed by atoms with Crippen molar-refractivity contribution in [3.63, 3.8) is 0 Å². The molecule has 0 fully saturated rings. The van der Waals surface area contributed by atoms with Gasteiger partial charge in [0.2, 0.25) is 0 Å². The molecule has 8 heteroatoms. The first-order valence-electron chi connectivity index (χ1n) is 12.6. The normalized spacial score (nSPS) is 12.0.